The first-order chi connectivity index (χ1) is 23.7. The van der Waals surface area contributed by atoms with Crippen LogP contribution in [-0.2, 0) is 51.9 Å². The monoisotopic (exact) mass is 641 g/mol. The molecule has 0 aliphatic rings. The van der Waals surface area contributed by atoms with Crippen molar-refractivity contribution < 1.29 is 23.7 Å². The number of benzene rings is 5. The normalized spacial score (nSPS) is 13.7. The minimum absolute atomic E-state index is 0.0262. The number of hydroxylamine groups is 1. The molecule has 0 aromatic heterocycles. The van der Waals surface area contributed by atoms with Crippen LogP contribution in [0.25, 0.3) is 0 Å². The van der Waals surface area contributed by atoms with Crippen LogP contribution in [0.3, 0.4) is 0 Å². The SMILES string of the molecule is C=C[C@H](OCc1ccccc1)[C@@H](OCc1ccccc1)[C@H](OCc1ccccc1)/C(COCc1ccccc1)=[N+](/[O-])Cc1ccccc1. The Kier molecular flexibility index (Phi) is 13.7. The highest BCUT2D eigenvalue weighted by molar-refractivity contribution is 5.86. The highest BCUT2D eigenvalue weighted by Crippen LogP contribution is 2.22. The molecule has 0 radical (unpaired) electrons. The highest BCUT2D eigenvalue weighted by atomic mass is 16.6. The summed E-state index contributed by atoms with van der Waals surface area (Å²) < 4.78 is 27.1. The molecular weight excluding hydrogens is 598 g/mol. The fourth-order valence-electron chi connectivity index (χ4n) is 5.32. The van der Waals surface area contributed by atoms with Gasteiger partial charge in [-0.15, -0.1) is 6.58 Å². The summed E-state index contributed by atoms with van der Waals surface area (Å²) in [4.78, 5) is 0. The van der Waals surface area contributed by atoms with Crippen LogP contribution in [0.5, 0.6) is 0 Å². The molecule has 5 rings (SSSR count). The molecule has 5 aromatic rings. The van der Waals surface area contributed by atoms with Gasteiger partial charge < -0.3 is 24.2 Å². The molecule has 0 saturated heterocycles. The molecule has 0 aliphatic carbocycles. The predicted molar refractivity (Wildman–Crippen MR) is 190 cm³/mol. The fraction of sp³-hybridized carbons (Fsp3) is 0.214. The lowest BCUT2D eigenvalue weighted by atomic mass is 10.0. The van der Waals surface area contributed by atoms with Crippen LogP contribution in [0.2, 0.25) is 0 Å². The third kappa shape index (κ3) is 10.9. The summed E-state index contributed by atoms with van der Waals surface area (Å²) in [7, 11) is 0. The van der Waals surface area contributed by atoms with E-state index in [4.69, 9.17) is 18.9 Å². The van der Waals surface area contributed by atoms with Gasteiger partial charge >= 0.3 is 0 Å². The Morgan fingerprint density at radius 3 is 1.40 bits per heavy atom. The first-order valence-corrected chi connectivity index (χ1v) is 16.2. The van der Waals surface area contributed by atoms with Crippen LogP contribution in [-0.4, -0.2) is 35.4 Å². The van der Waals surface area contributed by atoms with E-state index in [2.05, 4.69) is 6.58 Å². The van der Waals surface area contributed by atoms with Crippen molar-refractivity contribution in [3.05, 3.63) is 197 Å². The van der Waals surface area contributed by atoms with E-state index in [-0.39, 0.29) is 26.4 Å². The average molecular weight is 642 g/mol. The summed E-state index contributed by atoms with van der Waals surface area (Å²) in [6.07, 6.45) is -0.474. The van der Waals surface area contributed by atoms with Crippen LogP contribution in [0.15, 0.2) is 164 Å². The zero-order valence-corrected chi connectivity index (χ0v) is 27.2. The van der Waals surface area contributed by atoms with Gasteiger partial charge in [0.1, 0.15) is 18.8 Å². The lowest BCUT2D eigenvalue weighted by Gasteiger charge is -2.32. The molecule has 3 atom stereocenters. The van der Waals surface area contributed by atoms with E-state index in [1.54, 1.807) is 6.08 Å². The van der Waals surface area contributed by atoms with Gasteiger partial charge in [0, 0.05) is 5.56 Å². The molecule has 0 aliphatic heterocycles. The van der Waals surface area contributed by atoms with E-state index in [1.165, 1.54) is 0 Å². The van der Waals surface area contributed by atoms with Gasteiger partial charge in [0.2, 0.25) is 5.71 Å². The van der Waals surface area contributed by atoms with Crippen molar-refractivity contribution >= 4 is 5.71 Å². The van der Waals surface area contributed by atoms with E-state index in [0.717, 1.165) is 32.6 Å². The smallest absolute Gasteiger partial charge is 0.221 e. The zero-order valence-electron chi connectivity index (χ0n) is 27.2. The molecule has 5 aromatic carbocycles. The lowest BCUT2D eigenvalue weighted by molar-refractivity contribution is -0.481. The van der Waals surface area contributed by atoms with Crippen molar-refractivity contribution in [1.82, 2.24) is 0 Å². The number of rotatable bonds is 19. The largest absolute Gasteiger partial charge is 0.623 e. The summed E-state index contributed by atoms with van der Waals surface area (Å²) in [5.74, 6) is 0. The standard InChI is InChI=1S/C42H43NO5/c1-2-40(46-30-36-22-12-5-13-23-36)42(48-32-38-26-16-7-17-27-38)41(47-31-37-24-14-6-15-25-37)39(33-45-29-35-20-10-4-11-21-35)43(44)28-34-18-8-3-9-19-34/h2-27,40-42H,1,28-33H2/b43-39+/t40-,41+,42+/m0/s1. The molecule has 0 N–H and O–H groups in total. The van der Waals surface area contributed by atoms with Crippen molar-refractivity contribution in [2.24, 2.45) is 0 Å². The number of nitrogens with zero attached hydrogens (tertiary/aromatic N) is 1. The third-order valence-corrected chi connectivity index (χ3v) is 7.88. The molecule has 6 nitrogen and oxygen atoms in total. The molecule has 0 bridgehead atoms. The Labute approximate surface area is 284 Å². The molecule has 48 heavy (non-hydrogen) atoms. The van der Waals surface area contributed by atoms with E-state index in [1.807, 2.05) is 152 Å². The number of ether oxygens (including phenoxy) is 4. The van der Waals surface area contributed by atoms with Crippen molar-refractivity contribution in [2.75, 3.05) is 6.61 Å². The van der Waals surface area contributed by atoms with Crippen molar-refractivity contribution in [3.8, 4) is 0 Å². The van der Waals surface area contributed by atoms with Gasteiger partial charge in [0.15, 0.2) is 12.6 Å². The highest BCUT2D eigenvalue weighted by Gasteiger charge is 2.39. The molecule has 0 unspecified atom stereocenters. The molecule has 0 fully saturated rings. The van der Waals surface area contributed by atoms with Gasteiger partial charge in [-0.2, -0.15) is 0 Å². The Morgan fingerprint density at radius 2 is 0.938 bits per heavy atom. The Bertz CT molecular complexity index is 1650. The Hall–Kier alpha value is -4.85. The van der Waals surface area contributed by atoms with Crippen molar-refractivity contribution in [2.45, 2.75) is 51.3 Å². The first-order valence-electron chi connectivity index (χ1n) is 16.2. The topological polar surface area (TPSA) is 63.0 Å². The summed E-state index contributed by atoms with van der Waals surface area (Å²) >= 11 is 0. The van der Waals surface area contributed by atoms with Gasteiger partial charge in [-0.1, -0.05) is 158 Å². The van der Waals surface area contributed by atoms with Crippen LogP contribution >= 0.6 is 0 Å². The lowest BCUT2D eigenvalue weighted by Crippen LogP contribution is -2.49. The van der Waals surface area contributed by atoms with Gasteiger partial charge in [0.25, 0.3) is 0 Å². The molecule has 246 valence electrons. The van der Waals surface area contributed by atoms with Crippen LogP contribution < -0.4 is 0 Å². The quantitative estimate of drug-likeness (QED) is 0.0299. The molecule has 0 spiro atoms. The minimum atomic E-state index is -0.843. The van der Waals surface area contributed by atoms with Gasteiger partial charge in [-0.3, -0.25) is 0 Å². The average Bonchev–Trinajstić information content (AvgIpc) is 3.15. The maximum Gasteiger partial charge on any atom is 0.221 e. The molecule has 0 amide bonds. The molecule has 0 heterocycles. The summed E-state index contributed by atoms with van der Waals surface area (Å²) in [6, 6.07) is 49.3. The van der Waals surface area contributed by atoms with E-state index in [0.29, 0.717) is 18.9 Å². The van der Waals surface area contributed by atoms with Crippen LogP contribution in [0, 0.1) is 5.21 Å². The zero-order chi connectivity index (χ0) is 33.2. The number of hydrogen-bond donors (Lipinski definition) is 0. The first kappa shape index (κ1) is 34.5. The summed E-state index contributed by atoms with van der Waals surface area (Å²) in [5.41, 5.74) is 5.25. The molecular formula is C42H43NO5. The maximum absolute atomic E-state index is 14.3. The fourth-order valence-corrected chi connectivity index (χ4v) is 5.32. The van der Waals surface area contributed by atoms with Crippen LogP contribution in [0.4, 0.5) is 0 Å². The van der Waals surface area contributed by atoms with Gasteiger partial charge in [0.05, 0.1) is 26.4 Å². The van der Waals surface area contributed by atoms with Crippen molar-refractivity contribution in [1.29, 1.82) is 0 Å². The Morgan fingerprint density at radius 1 is 0.542 bits per heavy atom. The predicted octanol–water partition coefficient (Wildman–Crippen LogP) is 8.30. The minimum Gasteiger partial charge on any atom is -0.623 e. The molecule has 0 saturated carbocycles. The second-order valence-electron chi connectivity index (χ2n) is 11.5. The van der Waals surface area contributed by atoms with E-state index < -0.39 is 18.3 Å². The van der Waals surface area contributed by atoms with Crippen LogP contribution in [0.1, 0.15) is 27.8 Å². The maximum atomic E-state index is 14.3. The molecule has 6 heteroatoms. The summed E-state index contributed by atoms with van der Waals surface area (Å²) in [5, 5.41) is 14.3. The third-order valence-electron chi connectivity index (χ3n) is 7.88. The van der Waals surface area contributed by atoms with Gasteiger partial charge in [-0.05, 0) is 22.3 Å². The summed E-state index contributed by atoms with van der Waals surface area (Å²) in [6.45, 7) is 5.47. The Balaban J connectivity index is 1.52. The second-order valence-corrected chi connectivity index (χ2v) is 11.5. The van der Waals surface area contributed by atoms with Gasteiger partial charge in [-0.25, -0.2) is 4.74 Å². The number of hydrogen-bond acceptors (Lipinski definition) is 5. The van der Waals surface area contributed by atoms with E-state index >= 15 is 0 Å². The van der Waals surface area contributed by atoms with Crippen molar-refractivity contribution in [3.63, 3.8) is 0 Å². The second kappa shape index (κ2) is 19.1. The van der Waals surface area contributed by atoms with E-state index in [9.17, 15) is 5.21 Å².